The summed E-state index contributed by atoms with van der Waals surface area (Å²) in [6, 6.07) is 0.380. The molecule has 0 bridgehead atoms. The Hall–Kier alpha value is -0.0800. The molecule has 2 N–H and O–H groups in total. The van der Waals surface area contributed by atoms with E-state index in [1.165, 1.54) is 0 Å². The number of guanidine groups is 1. The topological polar surface area (TPSA) is 54.9 Å². The largest absolute Gasteiger partial charge is 0.382 e. The molecule has 1 rings (SSSR count). The standard InChI is InChI=1S/C15H31N3O2.HI/c1-7-20-10-8-9-17-13(16-5)18-12-11-15(4,19-6)14(12,2)3;/h12H,7-11H2,1-6H3,(H2,16,17,18);1H. The van der Waals surface area contributed by atoms with Crippen LogP contribution in [0.4, 0.5) is 0 Å². The van der Waals surface area contributed by atoms with E-state index in [1.54, 1.807) is 14.2 Å². The average Bonchev–Trinajstić information content (AvgIpc) is 2.44. The van der Waals surface area contributed by atoms with Crippen LogP contribution in [0.3, 0.4) is 0 Å². The van der Waals surface area contributed by atoms with Gasteiger partial charge in [0, 0.05) is 45.4 Å². The summed E-state index contributed by atoms with van der Waals surface area (Å²) in [4.78, 5) is 4.28. The Morgan fingerprint density at radius 2 is 2.00 bits per heavy atom. The number of rotatable bonds is 7. The van der Waals surface area contributed by atoms with Crippen molar-refractivity contribution in [3.05, 3.63) is 0 Å². The van der Waals surface area contributed by atoms with Crippen molar-refractivity contribution in [1.82, 2.24) is 10.6 Å². The van der Waals surface area contributed by atoms with Gasteiger partial charge in [0.05, 0.1) is 5.60 Å². The van der Waals surface area contributed by atoms with E-state index in [0.717, 1.165) is 38.6 Å². The van der Waals surface area contributed by atoms with E-state index in [0.29, 0.717) is 6.04 Å². The molecular weight excluding hydrogens is 381 g/mol. The predicted octanol–water partition coefficient (Wildman–Crippen LogP) is 2.40. The van der Waals surface area contributed by atoms with Crippen molar-refractivity contribution in [1.29, 1.82) is 0 Å². The minimum Gasteiger partial charge on any atom is -0.382 e. The zero-order valence-electron chi connectivity index (χ0n) is 14.3. The van der Waals surface area contributed by atoms with Gasteiger partial charge in [0.1, 0.15) is 0 Å². The van der Waals surface area contributed by atoms with Crippen LogP contribution in [0.5, 0.6) is 0 Å². The zero-order chi connectivity index (χ0) is 15.2. The van der Waals surface area contributed by atoms with Gasteiger partial charge in [-0.15, -0.1) is 24.0 Å². The summed E-state index contributed by atoms with van der Waals surface area (Å²) < 4.78 is 11.0. The average molecular weight is 413 g/mol. The Kier molecular flexibility index (Phi) is 9.11. The minimum atomic E-state index is -0.0571. The Labute approximate surface area is 146 Å². The lowest BCUT2D eigenvalue weighted by Gasteiger charge is -2.59. The van der Waals surface area contributed by atoms with Gasteiger partial charge < -0.3 is 20.1 Å². The van der Waals surface area contributed by atoms with E-state index in [1.807, 2.05) is 6.92 Å². The van der Waals surface area contributed by atoms with Gasteiger partial charge in [0.2, 0.25) is 0 Å². The van der Waals surface area contributed by atoms with E-state index in [2.05, 4.69) is 36.4 Å². The van der Waals surface area contributed by atoms with E-state index >= 15 is 0 Å². The van der Waals surface area contributed by atoms with E-state index in [-0.39, 0.29) is 35.0 Å². The van der Waals surface area contributed by atoms with Crippen LogP contribution >= 0.6 is 24.0 Å². The maximum Gasteiger partial charge on any atom is 0.191 e. The molecule has 1 aliphatic carbocycles. The summed E-state index contributed by atoms with van der Waals surface area (Å²) >= 11 is 0. The highest BCUT2D eigenvalue weighted by Crippen LogP contribution is 2.51. The molecule has 5 nitrogen and oxygen atoms in total. The minimum absolute atomic E-state index is 0. The van der Waals surface area contributed by atoms with Gasteiger partial charge in [0.25, 0.3) is 0 Å². The second kappa shape index (κ2) is 9.15. The third-order valence-electron chi connectivity index (χ3n) is 4.77. The van der Waals surface area contributed by atoms with Crippen LogP contribution in [0.15, 0.2) is 4.99 Å². The molecule has 0 aromatic heterocycles. The molecule has 0 aliphatic heterocycles. The third kappa shape index (κ3) is 4.96. The molecule has 0 spiro atoms. The first-order valence-electron chi connectivity index (χ1n) is 7.51. The molecule has 6 heteroatoms. The smallest absolute Gasteiger partial charge is 0.191 e. The Balaban J connectivity index is 0.00000400. The van der Waals surface area contributed by atoms with Gasteiger partial charge in [-0.05, 0) is 26.7 Å². The van der Waals surface area contributed by atoms with Crippen LogP contribution < -0.4 is 10.6 Å². The lowest BCUT2D eigenvalue weighted by molar-refractivity contribution is -0.176. The van der Waals surface area contributed by atoms with Crippen molar-refractivity contribution in [3.63, 3.8) is 0 Å². The number of halogens is 1. The summed E-state index contributed by atoms with van der Waals surface area (Å²) in [5.41, 5.74) is 0.0309. The van der Waals surface area contributed by atoms with Gasteiger partial charge in [0.15, 0.2) is 5.96 Å². The molecule has 0 saturated heterocycles. The fourth-order valence-electron chi connectivity index (χ4n) is 2.61. The quantitative estimate of drug-likeness (QED) is 0.291. The van der Waals surface area contributed by atoms with Crippen LogP contribution in [0, 0.1) is 5.41 Å². The molecule has 126 valence electrons. The lowest BCUT2D eigenvalue weighted by atomic mass is 9.56. The fraction of sp³-hybridized carbons (Fsp3) is 0.933. The van der Waals surface area contributed by atoms with E-state index in [9.17, 15) is 0 Å². The van der Waals surface area contributed by atoms with Crippen molar-refractivity contribution in [2.75, 3.05) is 33.9 Å². The molecule has 2 unspecified atom stereocenters. The fourth-order valence-corrected chi connectivity index (χ4v) is 2.61. The predicted molar refractivity (Wildman–Crippen MR) is 98.6 cm³/mol. The Morgan fingerprint density at radius 1 is 1.33 bits per heavy atom. The normalized spacial score (nSPS) is 27.5. The SMILES string of the molecule is CCOCCCNC(=NC)NC1CC(C)(OC)C1(C)C.I. The number of methoxy groups -OCH3 is 1. The molecule has 2 atom stereocenters. The molecule has 0 heterocycles. The zero-order valence-corrected chi connectivity index (χ0v) is 16.6. The second-order valence-electron chi connectivity index (χ2n) is 6.11. The Morgan fingerprint density at radius 3 is 2.48 bits per heavy atom. The van der Waals surface area contributed by atoms with Crippen molar-refractivity contribution in [2.45, 2.75) is 52.2 Å². The first-order chi connectivity index (χ1) is 9.41. The molecule has 0 radical (unpaired) electrons. The van der Waals surface area contributed by atoms with Crippen molar-refractivity contribution in [2.24, 2.45) is 10.4 Å². The van der Waals surface area contributed by atoms with Crippen molar-refractivity contribution >= 4 is 29.9 Å². The molecule has 1 fully saturated rings. The van der Waals surface area contributed by atoms with Crippen molar-refractivity contribution < 1.29 is 9.47 Å². The van der Waals surface area contributed by atoms with Gasteiger partial charge in [-0.25, -0.2) is 0 Å². The number of ether oxygens (including phenoxy) is 2. The summed E-state index contributed by atoms with van der Waals surface area (Å²) in [5.74, 6) is 0.859. The van der Waals surface area contributed by atoms with Crippen LogP contribution in [0.2, 0.25) is 0 Å². The van der Waals surface area contributed by atoms with E-state index < -0.39 is 0 Å². The van der Waals surface area contributed by atoms with Crippen molar-refractivity contribution in [3.8, 4) is 0 Å². The molecule has 0 aromatic rings. The van der Waals surface area contributed by atoms with Crippen LogP contribution in [-0.4, -0.2) is 51.5 Å². The molecule has 0 amide bonds. The number of nitrogens with zero attached hydrogens (tertiary/aromatic N) is 1. The van der Waals surface area contributed by atoms with E-state index in [4.69, 9.17) is 9.47 Å². The van der Waals surface area contributed by atoms with Gasteiger partial charge in [-0.2, -0.15) is 0 Å². The maximum absolute atomic E-state index is 5.64. The highest BCUT2D eigenvalue weighted by molar-refractivity contribution is 14.0. The summed E-state index contributed by atoms with van der Waals surface area (Å²) in [7, 11) is 3.60. The summed E-state index contributed by atoms with van der Waals surface area (Å²) in [6.45, 7) is 11.1. The monoisotopic (exact) mass is 413 g/mol. The number of aliphatic imine (C=N–C) groups is 1. The third-order valence-corrected chi connectivity index (χ3v) is 4.77. The summed E-state index contributed by atoms with van der Waals surface area (Å²) in [5, 5.41) is 6.82. The first kappa shape index (κ1) is 20.9. The Bertz CT molecular complexity index is 337. The van der Waals surface area contributed by atoms with Crippen LogP contribution in [0.1, 0.15) is 40.5 Å². The number of hydrogen-bond donors (Lipinski definition) is 2. The number of hydrogen-bond acceptors (Lipinski definition) is 3. The molecule has 1 aliphatic rings. The molecular formula is C15H32IN3O2. The lowest BCUT2D eigenvalue weighted by Crippen LogP contribution is -2.69. The number of nitrogens with one attached hydrogen (secondary N) is 2. The molecule has 21 heavy (non-hydrogen) atoms. The van der Waals surface area contributed by atoms with Gasteiger partial charge >= 0.3 is 0 Å². The highest BCUT2D eigenvalue weighted by Gasteiger charge is 2.57. The molecule has 1 saturated carbocycles. The molecule has 0 aromatic carbocycles. The van der Waals surface area contributed by atoms with Gasteiger partial charge in [-0.1, -0.05) is 13.8 Å². The van der Waals surface area contributed by atoms with Gasteiger partial charge in [-0.3, -0.25) is 4.99 Å². The van der Waals surface area contributed by atoms with Crippen LogP contribution in [-0.2, 0) is 9.47 Å². The summed E-state index contributed by atoms with van der Waals surface area (Å²) in [6.07, 6.45) is 1.98. The highest BCUT2D eigenvalue weighted by atomic mass is 127. The second-order valence-corrected chi connectivity index (χ2v) is 6.11. The van der Waals surface area contributed by atoms with Crippen LogP contribution in [0.25, 0.3) is 0 Å². The maximum atomic E-state index is 5.64. The first-order valence-corrected chi connectivity index (χ1v) is 7.51.